The van der Waals surface area contributed by atoms with Crippen molar-refractivity contribution in [2.24, 2.45) is 11.5 Å². The second kappa shape index (κ2) is 11.0. The summed E-state index contributed by atoms with van der Waals surface area (Å²) in [7, 11) is 0. The van der Waals surface area contributed by atoms with E-state index in [1.807, 2.05) is 0 Å². The number of nitrogens with zero attached hydrogens (tertiary/aromatic N) is 1. The Morgan fingerprint density at radius 3 is 2.34 bits per heavy atom. The summed E-state index contributed by atoms with van der Waals surface area (Å²) >= 11 is 3.99. The number of amides is 4. The van der Waals surface area contributed by atoms with Crippen LogP contribution >= 0.6 is 12.6 Å². The molecule has 0 bridgehead atoms. The number of nitrogens with one attached hydrogen (secondary N) is 2. The number of carbonyl (C=O) groups is 5. The number of aliphatic hydroxyl groups excluding tert-OH is 1. The van der Waals surface area contributed by atoms with E-state index in [1.165, 1.54) is 11.8 Å². The number of likely N-dealkylation sites (tertiary alicyclic amines) is 1. The van der Waals surface area contributed by atoms with Gasteiger partial charge in [0.1, 0.15) is 12.1 Å². The Kier molecular flexibility index (Phi) is 9.33. The Labute approximate surface area is 172 Å². The standard InChI is InChI=1S/C16H27N5O7S/c1-7(22)12(16(27)28)20-13(24)9(6-29)19-14(25)10-3-2-4-21(10)15(26)8(17)5-11(18)23/h7-10,12,22,29H,2-6,17H2,1H3,(H2,18,23)(H,19,25)(H,20,24)(H,27,28). The fraction of sp³-hybridized carbons (Fsp3) is 0.688. The molecule has 0 aromatic rings. The lowest BCUT2D eigenvalue weighted by molar-refractivity contribution is -0.145. The second-order valence-corrected chi connectivity index (χ2v) is 7.14. The largest absolute Gasteiger partial charge is 0.480 e. The number of primary amides is 1. The quantitative estimate of drug-likeness (QED) is 0.172. The fourth-order valence-corrected chi connectivity index (χ4v) is 3.18. The van der Waals surface area contributed by atoms with Gasteiger partial charge in [0.2, 0.25) is 23.6 Å². The molecule has 0 saturated carbocycles. The van der Waals surface area contributed by atoms with Crippen molar-refractivity contribution in [1.82, 2.24) is 15.5 Å². The number of rotatable bonds is 10. The van der Waals surface area contributed by atoms with Gasteiger partial charge < -0.3 is 37.2 Å². The van der Waals surface area contributed by atoms with E-state index in [2.05, 4.69) is 23.3 Å². The number of aliphatic carboxylic acids is 1. The number of carboxylic acid groups (broad SMARTS) is 1. The molecule has 5 atom stereocenters. The first-order valence-electron chi connectivity index (χ1n) is 8.96. The minimum atomic E-state index is -1.56. The van der Waals surface area contributed by atoms with Gasteiger partial charge in [0.25, 0.3) is 0 Å². The highest BCUT2D eigenvalue weighted by Gasteiger charge is 2.38. The van der Waals surface area contributed by atoms with Crippen LogP contribution in [0, 0.1) is 0 Å². The van der Waals surface area contributed by atoms with Crippen LogP contribution < -0.4 is 22.1 Å². The number of carboxylic acids is 1. The first kappa shape index (κ1) is 24.7. The number of nitrogens with two attached hydrogens (primary N) is 2. The Morgan fingerprint density at radius 2 is 1.86 bits per heavy atom. The van der Waals surface area contributed by atoms with Crippen LogP contribution in [0.4, 0.5) is 0 Å². The van der Waals surface area contributed by atoms with Gasteiger partial charge >= 0.3 is 5.97 Å². The maximum Gasteiger partial charge on any atom is 0.328 e. The summed E-state index contributed by atoms with van der Waals surface area (Å²) in [5.41, 5.74) is 10.7. The third-order valence-electron chi connectivity index (χ3n) is 4.44. The highest BCUT2D eigenvalue weighted by molar-refractivity contribution is 7.80. The van der Waals surface area contributed by atoms with Gasteiger partial charge in [-0.25, -0.2) is 4.79 Å². The van der Waals surface area contributed by atoms with Gasteiger partial charge in [-0.1, -0.05) is 0 Å². The third kappa shape index (κ3) is 6.87. The topological polar surface area (TPSA) is 205 Å². The van der Waals surface area contributed by atoms with Gasteiger partial charge in [0.05, 0.1) is 18.6 Å². The number of hydrogen-bond acceptors (Lipinski definition) is 8. The lowest BCUT2D eigenvalue weighted by atomic mass is 10.1. The lowest BCUT2D eigenvalue weighted by Crippen LogP contribution is -2.58. The van der Waals surface area contributed by atoms with Crippen LogP contribution in [0.2, 0.25) is 0 Å². The Balaban J connectivity index is 2.80. The zero-order valence-corrected chi connectivity index (χ0v) is 16.8. The SMILES string of the molecule is CC(O)C(NC(=O)C(CS)NC(=O)C1CCCN1C(=O)C(N)CC(N)=O)C(=O)O. The molecule has 0 spiro atoms. The average Bonchev–Trinajstić information content (AvgIpc) is 3.11. The third-order valence-corrected chi connectivity index (χ3v) is 4.80. The van der Waals surface area contributed by atoms with Crippen LogP contribution in [-0.2, 0) is 24.0 Å². The molecule has 1 saturated heterocycles. The minimum Gasteiger partial charge on any atom is -0.480 e. The molecular weight excluding hydrogens is 406 g/mol. The maximum absolute atomic E-state index is 12.6. The molecule has 4 amide bonds. The molecule has 0 aromatic carbocycles. The molecule has 1 heterocycles. The number of thiol groups is 1. The molecule has 164 valence electrons. The molecule has 5 unspecified atom stereocenters. The summed E-state index contributed by atoms with van der Waals surface area (Å²) in [4.78, 5) is 60.6. The lowest BCUT2D eigenvalue weighted by Gasteiger charge is -2.28. The van der Waals surface area contributed by atoms with Gasteiger partial charge in [0.15, 0.2) is 6.04 Å². The highest BCUT2D eigenvalue weighted by Crippen LogP contribution is 2.19. The van der Waals surface area contributed by atoms with Gasteiger partial charge in [-0.15, -0.1) is 0 Å². The molecule has 13 heteroatoms. The summed E-state index contributed by atoms with van der Waals surface area (Å²) in [6, 6.07) is -4.82. The molecule has 1 aliphatic rings. The number of carbonyl (C=O) groups excluding carboxylic acids is 4. The predicted molar refractivity (Wildman–Crippen MR) is 104 cm³/mol. The first-order chi connectivity index (χ1) is 13.5. The monoisotopic (exact) mass is 433 g/mol. The predicted octanol–water partition coefficient (Wildman–Crippen LogP) is -3.46. The normalized spacial score (nSPS) is 20.3. The first-order valence-corrected chi connectivity index (χ1v) is 9.59. The molecule has 1 aliphatic heterocycles. The van der Waals surface area contributed by atoms with Crippen molar-refractivity contribution in [3.05, 3.63) is 0 Å². The van der Waals surface area contributed by atoms with Crippen LogP contribution in [-0.4, -0.2) is 87.3 Å². The molecular formula is C16H27N5O7S. The van der Waals surface area contributed by atoms with Crippen LogP contribution in [0.3, 0.4) is 0 Å². The second-order valence-electron chi connectivity index (χ2n) is 6.78. The van der Waals surface area contributed by atoms with E-state index in [9.17, 15) is 29.1 Å². The van der Waals surface area contributed by atoms with E-state index in [-0.39, 0.29) is 18.7 Å². The highest BCUT2D eigenvalue weighted by atomic mass is 32.1. The summed E-state index contributed by atoms with van der Waals surface area (Å²) in [5.74, 6) is -4.42. The maximum atomic E-state index is 12.6. The molecule has 8 N–H and O–H groups in total. The van der Waals surface area contributed by atoms with E-state index < -0.39 is 59.9 Å². The summed E-state index contributed by atoms with van der Waals surface area (Å²) in [6.45, 7) is 1.45. The van der Waals surface area contributed by atoms with Crippen molar-refractivity contribution in [3.8, 4) is 0 Å². The van der Waals surface area contributed by atoms with Crippen molar-refractivity contribution >= 4 is 42.2 Å². The van der Waals surface area contributed by atoms with E-state index in [1.54, 1.807) is 0 Å². The van der Waals surface area contributed by atoms with Crippen LogP contribution in [0.25, 0.3) is 0 Å². The Hall–Kier alpha value is -2.38. The van der Waals surface area contributed by atoms with Crippen molar-refractivity contribution in [2.75, 3.05) is 12.3 Å². The zero-order valence-electron chi connectivity index (χ0n) is 15.9. The average molecular weight is 433 g/mol. The van der Waals surface area contributed by atoms with Crippen LogP contribution in [0.5, 0.6) is 0 Å². The molecule has 0 aliphatic carbocycles. The molecule has 29 heavy (non-hydrogen) atoms. The van der Waals surface area contributed by atoms with Crippen molar-refractivity contribution < 1.29 is 34.2 Å². The van der Waals surface area contributed by atoms with Gasteiger partial charge in [-0.2, -0.15) is 12.6 Å². The van der Waals surface area contributed by atoms with Crippen molar-refractivity contribution in [2.45, 2.75) is 56.5 Å². The van der Waals surface area contributed by atoms with E-state index in [0.29, 0.717) is 12.8 Å². The molecule has 1 rings (SSSR count). The molecule has 0 aromatic heterocycles. The molecule has 0 radical (unpaired) electrons. The Morgan fingerprint density at radius 1 is 1.24 bits per heavy atom. The van der Waals surface area contributed by atoms with Crippen molar-refractivity contribution in [3.63, 3.8) is 0 Å². The summed E-state index contributed by atoms with van der Waals surface area (Å²) in [6.07, 6.45) is -0.870. The number of aliphatic hydroxyl groups is 1. The smallest absolute Gasteiger partial charge is 0.328 e. The van der Waals surface area contributed by atoms with Crippen LogP contribution in [0.15, 0.2) is 0 Å². The summed E-state index contributed by atoms with van der Waals surface area (Å²) < 4.78 is 0. The minimum absolute atomic E-state index is 0.147. The fourth-order valence-electron chi connectivity index (χ4n) is 2.92. The van der Waals surface area contributed by atoms with Gasteiger partial charge in [-0.05, 0) is 19.8 Å². The van der Waals surface area contributed by atoms with E-state index >= 15 is 0 Å². The summed E-state index contributed by atoms with van der Waals surface area (Å²) in [5, 5.41) is 23.1. The molecule has 1 fully saturated rings. The number of hydrogen-bond donors (Lipinski definition) is 7. The van der Waals surface area contributed by atoms with E-state index in [4.69, 9.17) is 16.6 Å². The van der Waals surface area contributed by atoms with Gasteiger partial charge in [-0.3, -0.25) is 19.2 Å². The Bertz CT molecular complexity index is 660. The van der Waals surface area contributed by atoms with E-state index in [0.717, 1.165) is 0 Å². The van der Waals surface area contributed by atoms with Crippen LogP contribution in [0.1, 0.15) is 26.2 Å². The molecule has 12 nitrogen and oxygen atoms in total. The van der Waals surface area contributed by atoms with Crippen molar-refractivity contribution in [1.29, 1.82) is 0 Å². The van der Waals surface area contributed by atoms with Gasteiger partial charge in [0, 0.05) is 12.3 Å². The zero-order chi connectivity index (χ0) is 22.3.